The molecule has 1 amide bonds. The Kier molecular flexibility index (Phi) is 5.09. The normalized spacial score (nSPS) is 14.0. The van der Waals surface area contributed by atoms with Crippen LogP contribution < -0.4 is 10.2 Å². The number of para-hydroxylation sites is 1. The Bertz CT molecular complexity index is 960. The van der Waals surface area contributed by atoms with Gasteiger partial charge in [0.15, 0.2) is 0 Å². The van der Waals surface area contributed by atoms with E-state index in [1.807, 2.05) is 4.90 Å². The molecule has 0 saturated carbocycles. The molecule has 4 rings (SSSR count). The Balaban J connectivity index is 1.48. The zero-order valence-corrected chi connectivity index (χ0v) is 15.1. The van der Waals surface area contributed by atoms with E-state index in [1.54, 1.807) is 59.9 Å². The fraction of sp³-hybridized carbons (Fsp3) is 0.200. The van der Waals surface area contributed by atoms with Crippen LogP contribution in [0.4, 0.5) is 21.8 Å². The fourth-order valence-corrected chi connectivity index (χ4v) is 3.10. The lowest BCUT2D eigenvalue weighted by Crippen LogP contribution is -2.49. The number of anilines is 3. The van der Waals surface area contributed by atoms with Crippen molar-refractivity contribution in [2.75, 3.05) is 36.4 Å². The van der Waals surface area contributed by atoms with Crippen LogP contribution in [0, 0.1) is 5.82 Å². The summed E-state index contributed by atoms with van der Waals surface area (Å²) < 4.78 is 14.0. The van der Waals surface area contributed by atoms with Gasteiger partial charge in [-0.2, -0.15) is 0 Å². The molecule has 0 spiro atoms. The molecule has 1 aromatic carbocycles. The summed E-state index contributed by atoms with van der Waals surface area (Å²) in [4.78, 5) is 29.6. The largest absolute Gasteiger partial charge is 0.337 e. The molecule has 0 aliphatic carbocycles. The molecule has 8 heteroatoms. The van der Waals surface area contributed by atoms with Gasteiger partial charge in [0, 0.05) is 44.8 Å². The van der Waals surface area contributed by atoms with E-state index in [0.29, 0.717) is 43.5 Å². The average molecular weight is 378 g/mol. The van der Waals surface area contributed by atoms with Gasteiger partial charge in [-0.1, -0.05) is 12.1 Å². The van der Waals surface area contributed by atoms with Crippen molar-refractivity contribution in [2.45, 2.75) is 0 Å². The molecule has 3 heterocycles. The van der Waals surface area contributed by atoms with Crippen LogP contribution in [-0.4, -0.2) is 51.9 Å². The molecule has 7 nitrogen and oxygen atoms in total. The molecule has 28 heavy (non-hydrogen) atoms. The van der Waals surface area contributed by atoms with Crippen LogP contribution in [0.1, 0.15) is 10.4 Å². The summed E-state index contributed by atoms with van der Waals surface area (Å²) in [6.07, 6.45) is 4.98. The van der Waals surface area contributed by atoms with Gasteiger partial charge in [0.2, 0.25) is 5.95 Å². The number of piperazine rings is 1. The lowest BCUT2D eigenvalue weighted by molar-refractivity contribution is 0.0747. The minimum absolute atomic E-state index is 0.138. The summed E-state index contributed by atoms with van der Waals surface area (Å²) >= 11 is 0. The first kappa shape index (κ1) is 17.8. The number of carbonyl (C=O) groups is 1. The van der Waals surface area contributed by atoms with Crippen LogP contribution in [0.2, 0.25) is 0 Å². The number of amides is 1. The molecule has 3 aromatic rings. The first-order valence-electron chi connectivity index (χ1n) is 9.00. The van der Waals surface area contributed by atoms with Gasteiger partial charge in [-0.25, -0.2) is 19.3 Å². The van der Waals surface area contributed by atoms with Crippen molar-refractivity contribution in [1.82, 2.24) is 19.9 Å². The van der Waals surface area contributed by atoms with Gasteiger partial charge in [0.25, 0.3) is 5.91 Å². The van der Waals surface area contributed by atoms with Crippen molar-refractivity contribution in [3.63, 3.8) is 0 Å². The molecule has 1 aliphatic rings. The van der Waals surface area contributed by atoms with Crippen LogP contribution in [0.15, 0.2) is 61.1 Å². The number of halogens is 1. The van der Waals surface area contributed by atoms with Gasteiger partial charge < -0.3 is 15.1 Å². The molecule has 1 N–H and O–H groups in total. The molecule has 0 atom stereocenters. The SMILES string of the molecule is O=C(c1cccnc1Nc1ccccc1F)N1CCN(c2ncccn2)CC1. The highest BCUT2D eigenvalue weighted by molar-refractivity contribution is 5.99. The lowest BCUT2D eigenvalue weighted by Gasteiger charge is -2.34. The molecule has 1 aliphatic heterocycles. The highest BCUT2D eigenvalue weighted by Crippen LogP contribution is 2.22. The second kappa shape index (κ2) is 7.99. The third-order valence-corrected chi connectivity index (χ3v) is 4.57. The molecule has 1 saturated heterocycles. The van der Waals surface area contributed by atoms with Gasteiger partial charge in [0.05, 0.1) is 11.3 Å². The van der Waals surface area contributed by atoms with E-state index in [2.05, 4.69) is 20.3 Å². The number of aromatic nitrogens is 3. The van der Waals surface area contributed by atoms with Crippen LogP contribution in [0.3, 0.4) is 0 Å². The number of benzene rings is 1. The van der Waals surface area contributed by atoms with Gasteiger partial charge >= 0.3 is 0 Å². The molecular weight excluding hydrogens is 359 g/mol. The maximum Gasteiger partial charge on any atom is 0.257 e. The number of nitrogens with zero attached hydrogens (tertiary/aromatic N) is 5. The summed E-state index contributed by atoms with van der Waals surface area (Å²) in [7, 11) is 0. The summed E-state index contributed by atoms with van der Waals surface area (Å²) in [5.41, 5.74) is 0.691. The number of hydrogen-bond acceptors (Lipinski definition) is 6. The zero-order chi connectivity index (χ0) is 19.3. The first-order valence-corrected chi connectivity index (χ1v) is 9.00. The van der Waals surface area contributed by atoms with Crippen LogP contribution >= 0.6 is 0 Å². The molecule has 0 bridgehead atoms. The van der Waals surface area contributed by atoms with Crippen LogP contribution in [0.25, 0.3) is 0 Å². The molecular formula is C20H19FN6O. The van der Waals surface area contributed by atoms with Gasteiger partial charge in [-0.05, 0) is 30.3 Å². The molecule has 0 radical (unpaired) electrons. The first-order chi connectivity index (χ1) is 13.7. The van der Waals surface area contributed by atoms with Gasteiger partial charge in [-0.3, -0.25) is 4.79 Å². The van der Waals surface area contributed by atoms with Crippen molar-refractivity contribution in [2.24, 2.45) is 0 Å². The number of hydrogen-bond donors (Lipinski definition) is 1. The van der Waals surface area contributed by atoms with E-state index < -0.39 is 5.82 Å². The minimum atomic E-state index is -0.400. The standard InChI is InChI=1S/C20H19FN6O/c21-16-6-1-2-7-17(16)25-18-15(5-3-8-22-18)19(28)26-11-13-27(14-12-26)20-23-9-4-10-24-20/h1-10H,11-14H2,(H,22,25). The zero-order valence-electron chi connectivity index (χ0n) is 15.1. The summed E-state index contributed by atoms with van der Waals surface area (Å²) in [6.45, 7) is 2.38. The number of pyridine rings is 1. The number of carbonyl (C=O) groups excluding carboxylic acids is 1. The summed E-state index contributed by atoms with van der Waals surface area (Å²) in [6, 6.07) is 11.5. The van der Waals surface area contributed by atoms with Gasteiger partial charge in [0.1, 0.15) is 11.6 Å². The van der Waals surface area contributed by atoms with Gasteiger partial charge in [-0.15, -0.1) is 0 Å². The highest BCUT2D eigenvalue weighted by Gasteiger charge is 2.25. The molecule has 142 valence electrons. The monoisotopic (exact) mass is 378 g/mol. The predicted octanol–water partition coefficient (Wildman–Crippen LogP) is 2.72. The molecule has 0 unspecified atom stereocenters. The third-order valence-electron chi connectivity index (χ3n) is 4.57. The van der Waals surface area contributed by atoms with Crippen molar-refractivity contribution >= 4 is 23.4 Å². The summed E-state index contributed by atoms with van der Waals surface area (Å²) in [5.74, 6) is 0.466. The maximum absolute atomic E-state index is 14.0. The van der Waals surface area contributed by atoms with E-state index in [0.717, 1.165) is 0 Å². The Labute approximate surface area is 161 Å². The second-order valence-electron chi connectivity index (χ2n) is 6.33. The minimum Gasteiger partial charge on any atom is -0.337 e. The average Bonchev–Trinajstić information content (AvgIpc) is 2.76. The predicted molar refractivity (Wildman–Crippen MR) is 104 cm³/mol. The van der Waals surface area contributed by atoms with Crippen LogP contribution in [-0.2, 0) is 0 Å². The Morgan fingerprint density at radius 1 is 0.893 bits per heavy atom. The second-order valence-corrected chi connectivity index (χ2v) is 6.33. The topological polar surface area (TPSA) is 74.2 Å². The smallest absolute Gasteiger partial charge is 0.257 e. The molecule has 2 aromatic heterocycles. The number of nitrogens with one attached hydrogen (secondary N) is 1. The molecule has 1 fully saturated rings. The maximum atomic E-state index is 14.0. The van der Waals surface area contributed by atoms with Crippen molar-refractivity contribution in [1.29, 1.82) is 0 Å². The Morgan fingerprint density at radius 3 is 2.36 bits per heavy atom. The Morgan fingerprint density at radius 2 is 1.61 bits per heavy atom. The van der Waals surface area contributed by atoms with Crippen molar-refractivity contribution in [3.05, 3.63) is 72.4 Å². The third kappa shape index (κ3) is 3.75. The Hall–Kier alpha value is -3.55. The fourth-order valence-electron chi connectivity index (χ4n) is 3.10. The number of rotatable bonds is 4. The summed E-state index contributed by atoms with van der Waals surface area (Å²) in [5, 5.41) is 2.93. The quantitative estimate of drug-likeness (QED) is 0.753. The van der Waals surface area contributed by atoms with E-state index in [9.17, 15) is 9.18 Å². The van der Waals surface area contributed by atoms with E-state index in [-0.39, 0.29) is 11.6 Å². The van der Waals surface area contributed by atoms with Crippen molar-refractivity contribution in [3.8, 4) is 0 Å². The van der Waals surface area contributed by atoms with E-state index in [1.165, 1.54) is 6.07 Å². The van der Waals surface area contributed by atoms with E-state index >= 15 is 0 Å². The van der Waals surface area contributed by atoms with E-state index in [4.69, 9.17) is 0 Å². The highest BCUT2D eigenvalue weighted by atomic mass is 19.1. The lowest BCUT2D eigenvalue weighted by atomic mass is 10.2. The van der Waals surface area contributed by atoms with Crippen molar-refractivity contribution < 1.29 is 9.18 Å². The van der Waals surface area contributed by atoms with Crippen LogP contribution in [0.5, 0.6) is 0 Å².